The Morgan fingerprint density at radius 1 is 1.15 bits per heavy atom. The molecule has 0 radical (unpaired) electrons. The molecular weight excluding hydrogens is 252 g/mol. The standard InChI is InChI=1S/C16H16N2O2/c19-15-16(7-2-1-3-8-16)18-14(20-15)12-4-5-13-11(10-12)6-9-17-13/h4-6,9-10,17H,1-3,7-8H2. The lowest BCUT2D eigenvalue weighted by Gasteiger charge is -2.25. The van der Waals surface area contributed by atoms with E-state index in [0.29, 0.717) is 5.90 Å². The van der Waals surface area contributed by atoms with E-state index in [9.17, 15) is 4.79 Å². The summed E-state index contributed by atoms with van der Waals surface area (Å²) in [6.07, 6.45) is 6.85. The van der Waals surface area contributed by atoms with Crippen LogP contribution < -0.4 is 0 Å². The lowest BCUT2D eigenvalue weighted by atomic mass is 9.83. The summed E-state index contributed by atoms with van der Waals surface area (Å²) in [6, 6.07) is 7.96. The molecule has 0 atom stereocenters. The van der Waals surface area contributed by atoms with E-state index in [1.54, 1.807) is 0 Å². The van der Waals surface area contributed by atoms with Crippen molar-refractivity contribution < 1.29 is 9.53 Å². The molecule has 1 aromatic carbocycles. The predicted molar refractivity (Wildman–Crippen MR) is 76.7 cm³/mol. The van der Waals surface area contributed by atoms with E-state index in [1.165, 1.54) is 6.42 Å². The first-order chi connectivity index (χ1) is 9.77. The Hall–Kier alpha value is -2.10. The zero-order valence-electron chi connectivity index (χ0n) is 11.2. The Kier molecular flexibility index (Phi) is 2.46. The van der Waals surface area contributed by atoms with Crippen molar-refractivity contribution in [1.82, 2.24) is 4.98 Å². The maximum absolute atomic E-state index is 12.2. The summed E-state index contributed by atoms with van der Waals surface area (Å²) in [5, 5.41) is 1.10. The fraction of sp³-hybridized carbons (Fsp3) is 0.375. The number of ether oxygens (including phenoxy) is 1. The number of hydrogen-bond acceptors (Lipinski definition) is 3. The molecule has 0 bridgehead atoms. The van der Waals surface area contributed by atoms with Gasteiger partial charge in [0, 0.05) is 22.7 Å². The second-order valence-corrected chi connectivity index (χ2v) is 5.68. The molecule has 0 unspecified atom stereocenters. The van der Waals surface area contributed by atoms with Crippen molar-refractivity contribution in [1.29, 1.82) is 0 Å². The van der Waals surface area contributed by atoms with Gasteiger partial charge in [-0.25, -0.2) is 9.79 Å². The van der Waals surface area contributed by atoms with Crippen LogP contribution in [-0.4, -0.2) is 22.4 Å². The van der Waals surface area contributed by atoms with Crippen LogP contribution in [0.4, 0.5) is 0 Å². The smallest absolute Gasteiger partial charge is 0.340 e. The average Bonchev–Trinajstić information content (AvgIpc) is 3.05. The maximum atomic E-state index is 12.2. The van der Waals surface area contributed by atoms with Gasteiger partial charge < -0.3 is 9.72 Å². The molecule has 0 amide bonds. The van der Waals surface area contributed by atoms with Gasteiger partial charge in [0.1, 0.15) is 0 Å². The normalized spacial score (nSPS) is 21.2. The van der Waals surface area contributed by atoms with E-state index in [2.05, 4.69) is 9.98 Å². The van der Waals surface area contributed by atoms with Gasteiger partial charge in [0.25, 0.3) is 0 Å². The summed E-state index contributed by atoms with van der Waals surface area (Å²) in [6.45, 7) is 0. The molecule has 1 N–H and O–H groups in total. The summed E-state index contributed by atoms with van der Waals surface area (Å²) in [4.78, 5) is 20.0. The van der Waals surface area contributed by atoms with Crippen molar-refractivity contribution in [3.8, 4) is 0 Å². The first-order valence-corrected chi connectivity index (χ1v) is 7.17. The zero-order valence-corrected chi connectivity index (χ0v) is 11.2. The van der Waals surface area contributed by atoms with E-state index in [0.717, 1.165) is 42.1 Å². The van der Waals surface area contributed by atoms with Crippen LogP contribution in [0, 0.1) is 0 Å². The van der Waals surface area contributed by atoms with Crippen LogP contribution in [-0.2, 0) is 9.53 Å². The van der Waals surface area contributed by atoms with E-state index < -0.39 is 5.54 Å². The average molecular weight is 268 g/mol. The minimum atomic E-state index is -0.597. The van der Waals surface area contributed by atoms with E-state index >= 15 is 0 Å². The largest absolute Gasteiger partial charge is 0.405 e. The minimum absolute atomic E-state index is 0.165. The molecule has 1 fully saturated rings. The van der Waals surface area contributed by atoms with E-state index in [-0.39, 0.29) is 5.97 Å². The van der Waals surface area contributed by atoms with E-state index in [4.69, 9.17) is 4.74 Å². The lowest BCUT2D eigenvalue weighted by molar-refractivity contribution is -0.140. The fourth-order valence-electron chi connectivity index (χ4n) is 3.21. The lowest BCUT2D eigenvalue weighted by Crippen LogP contribution is -2.35. The van der Waals surface area contributed by atoms with Crippen molar-refractivity contribution in [2.24, 2.45) is 4.99 Å². The topological polar surface area (TPSA) is 54.5 Å². The molecule has 1 aromatic heterocycles. The molecule has 4 heteroatoms. The summed E-state index contributed by atoms with van der Waals surface area (Å²) < 4.78 is 5.47. The van der Waals surface area contributed by atoms with Crippen LogP contribution >= 0.6 is 0 Å². The Balaban J connectivity index is 1.74. The number of aromatic amines is 1. The Labute approximate surface area is 116 Å². The monoisotopic (exact) mass is 268 g/mol. The molecule has 2 heterocycles. The number of aromatic nitrogens is 1. The number of benzene rings is 1. The second kappa shape index (κ2) is 4.20. The highest BCUT2D eigenvalue weighted by molar-refractivity contribution is 6.09. The Morgan fingerprint density at radius 2 is 2.00 bits per heavy atom. The molecule has 0 saturated heterocycles. The number of hydrogen-bond donors (Lipinski definition) is 1. The highest BCUT2D eigenvalue weighted by Crippen LogP contribution is 2.37. The molecule has 2 aromatic rings. The van der Waals surface area contributed by atoms with Gasteiger partial charge in [-0.05, 0) is 37.1 Å². The first kappa shape index (κ1) is 11.7. The third kappa shape index (κ3) is 1.68. The van der Waals surface area contributed by atoms with Crippen LogP contribution in [0.1, 0.15) is 37.7 Å². The van der Waals surface area contributed by atoms with Gasteiger partial charge in [-0.1, -0.05) is 19.3 Å². The van der Waals surface area contributed by atoms with Gasteiger partial charge >= 0.3 is 5.97 Å². The fourth-order valence-corrected chi connectivity index (χ4v) is 3.21. The number of nitrogens with zero attached hydrogens (tertiary/aromatic N) is 1. The van der Waals surface area contributed by atoms with E-state index in [1.807, 2.05) is 30.5 Å². The van der Waals surface area contributed by atoms with Gasteiger partial charge in [0.2, 0.25) is 5.90 Å². The number of esters is 1. The Morgan fingerprint density at radius 3 is 2.85 bits per heavy atom. The third-order valence-electron chi connectivity index (χ3n) is 4.37. The molecule has 4 rings (SSSR count). The molecule has 2 aliphatic rings. The second-order valence-electron chi connectivity index (χ2n) is 5.68. The SMILES string of the molecule is O=C1OC(c2ccc3[nH]ccc3c2)=NC12CCCCC2. The number of fused-ring (bicyclic) bond motifs is 1. The summed E-state index contributed by atoms with van der Waals surface area (Å²) in [7, 11) is 0. The molecular formula is C16H16N2O2. The molecule has 4 nitrogen and oxygen atoms in total. The number of rotatable bonds is 1. The summed E-state index contributed by atoms with van der Waals surface area (Å²) in [5.74, 6) is 0.321. The van der Waals surface area contributed by atoms with Crippen molar-refractivity contribution in [2.45, 2.75) is 37.6 Å². The van der Waals surface area contributed by atoms with Crippen LogP contribution in [0.15, 0.2) is 35.5 Å². The maximum Gasteiger partial charge on any atom is 0.340 e. The van der Waals surface area contributed by atoms with Gasteiger partial charge in [-0.2, -0.15) is 0 Å². The molecule has 1 aliphatic carbocycles. The molecule has 102 valence electrons. The van der Waals surface area contributed by atoms with Crippen LogP contribution in [0.2, 0.25) is 0 Å². The minimum Gasteiger partial charge on any atom is -0.405 e. The highest BCUT2D eigenvalue weighted by Gasteiger charge is 2.46. The molecule has 1 aliphatic heterocycles. The summed E-state index contributed by atoms with van der Waals surface area (Å²) >= 11 is 0. The number of cyclic esters (lactones) is 1. The van der Waals surface area contributed by atoms with Crippen molar-refractivity contribution in [3.63, 3.8) is 0 Å². The summed E-state index contributed by atoms with van der Waals surface area (Å²) in [5.41, 5.74) is 1.36. The number of carbonyl (C=O) groups is 1. The van der Waals surface area contributed by atoms with Crippen LogP contribution in [0.5, 0.6) is 0 Å². The van der Waals surface area contributed by atoms with Gasteiger partial charge in [-0.15, -0.1) is 0 Å². The number of H-pyrrole nitrogens is 1. The molecule has 1 saturated carbocycles. The predicted octanol–water partition coefficient (Wildman–Crippen LogP) is 3.17. The van der Waals surface area contributed by atoms with Gasteiger partial charge in [0.15, 0.2) is 5.54 Å². The molecule has 1 spiro atoms. The van der Waals surface area contributed by atoms with Crippen molar-refractivity contribution in [3.05, 3.63) is 36.0 Å². The third-order valence-corrected chi connectivity index (χ3v) is 4.37. The van der Waals surface area contributed by atoms with Crippen LogP contribution in [0.25, 0.3) is 10.9 Å². The molecule has 20 heavy (non-hydrogen) atoms. The number of nitrogens with one attached hydrogen (secondary N) is 1. The Bertz CT molecular complexity index is 708. The highest BCUT2D eigenvalue weighted by atomic mass is 16.6. The van der Waals surface area contributed by atoms with Crippen molar-refractivity contribution in [2.75, 3.05) is 0 Å². The van der Waals surface area contributed by atoms with Gasteiger partial charge in [-0.3, -0.25) is 0 Å². The number of aliphatic imine (C=N–C) groups is 1. The van der Waals surface area contributed by atoms with Crippen LogP contribution in [0.3, 0.4) is 0 Å². The first-order valence-electron chi connectivity index (χ1n) is 7.17. The van der Waals surface area contributed by atoms with Crippen molar-refractivity contribution >= 4 is 22.8 Å². The van der Waals surface area contributed by atoms with Gasteiger partial charge in [0.05, 0.1) is 0 Å². The number of carbonyl (C=O) groups excluding carboxylic acids is 1. The quantitative estimate of drug-likeness (QED) is 0.808. The zero-order chi connectivity index (χ0) is 13.6.